The van der Waals surface area contributed by atoms with Crippen molar-refractivity contribution in [2.45, 2.75) is 24.3 Å². The maximum atomic E-state index is 12.7. The molecule has 0 bridgehead atoms. The molecule has 0 heterocycles. The van der Waals surface area contributed by atoms with Crippen LogP contribution in [0, 0.1) is 6.92 Å². The maximum absolute atomic E-state index is 12.7. The Morgan fingerprint density at radius 3 is 2.00 bits per heavy atom. The van der Waals surface area contributed by atoms with Crippen molar-refractivity contribution in [3.8, 4) is 0 Å². The van der Waals surface area contributed by atoms with Gasteiger partial charge in [0.2, 0.25) is 5.91 Å². The largest absolute Gasteiger partial charge is 0.348 e. The van der Waals surface area contributed by atoms with Crippen molar-refractivity contribution in [2.24, 2.45) is 0 Å². The van der Waals surface area contributed by atoms with Crippen LogP contribution >= 0.6 is 0 Å². The van der Waals surface area contributed by atoms with E-state index in [1.54, 1.807) is 48.5 Å². The van der Waals surface area contributed by atoms with Crippen molar-refractivity contribution in [1.82, 2.24) is 5.32 Å². The minimum Gasteiger partial charge on any atom is -0.348 e. The van der Waals surface area contributed by atoms with Crippen LogP contribution in [-0.2, 0) is 14.6 Å². The SMILES string of the molecule is Cc1ccc(S(=O)(=O)CC(=O)NC(CC(=O)c2ccccc2)c2ccccc2)cc1. The number of carbonyl (C=O) groups excluding carboxylic acids is 2. The van der Waals surface area contributed by atoms with Gasteiger partial charge in [-0.3, -0.25) is 9.59 Å². The van der Waals surface area contributed by atoms with Gasteiger partial charge in [-0.25, -0.2) is 8.42 Å². The molecule has 1 amide bonds. The summed E-state index contributed by atoms with van der Waals surface area (Å²) in [6, 6.07) is 23.6. The molecular weight excluding hydrogens is 398 g/mol. The normalized spacial score (nSPS) is 12.2. The van der Waals surface area contributed by atoms with Crippen molar-refractivity contribution in [1.29, 1.82) is 0 Å². The van der Waals surface area contributed by atoms with Gasteiger partial charge in [-0.2, -0.15) is 0 Å². The highest BCUT2D eigenvalue weighted by molar-refractivity contribution is 7.92. The van der Waals surface area contributed by atoms with Crippen molar-refractivity contribution >= 4 is 21.5 Å². The fraction of sp³-hybridized carbons (Fsp3) is 0.167. The number of rotatable bonds is 8. The summed E-state index contributed by atoms with van der Waals surface area (Å²) in [6.07, 6.45) is 0.0321. The molecule has 1 atom stereocenters. The van der Waals surface area contributed by atoms with Crippen LogP contribution in [0.4, 0.5) is 0 Å². The minimum atomic E-state index is -3.78. The van der Waals surface area contributed by atoms with Gasteiger partial charge in [0.1, 0.15) is 5.75 Å². The molecule has 30 heavy (non-hydrogen) atoms. The molecule has 154 valence electrons. The Bertz CT molecular complexity index is 1110. The molecule has 1 N–H and O–H groups in total. The molecule has 1 unspecified atom stereocenters. The number of benzene rings is 3. The second kappa shape index (κ2) is 9.50. The number of hydrogen-bond donors (Lipinski definition) is 1. The first-order valence-corrected chi connectivity index (χ1v) is 11.2. The number of sulfone groups is 1. The molecule has 0 radical (unpaired) electrons. The van der Waals surface area contributed by atoms with Crippen LogP contribution in [0.1, 0.15) is 33.9 Å². The number of hydrogen-bond acceptors (Lipinski definition) is 4. The zero-order valence-electron chi connectivity index (χ0n) is 16.6. The smallest absolute Gasteiger partial charge is 0.236 e. The lowest BCUT2D eigenvalue weighted by Gasteiger charge is -2.19. The van der Waals surface area contributed by atoms with E-state index in [1.807, 2.05) is 31.2 Å². The van der Waals surface area contributed by atoms with Gasteiger partial charge in [-0.05, 0) is 24.6 Å². The van der Waals surface area contributed by atoms with E-state index >= 15 is 0 Å². The Morgan fingerprint density at radius 1 is 0.833 bits per heavy atom. The quantitative estimate of drug-likeness (QED) is 0.560. The molecule has 0 fully saturated rings. The third kappa shape index (κ3) is 5.64. The summed E-state index contributed by atoms with van der Waals surface area (Å²) in [5.74, 6) is -1.46. The second-order valence-electron chi connectivity index (χ2n) is 7.10. The molecule has 0 aliphatic heterocycles. The predicted octanol–water partition coefficient (Wildman–Crippen LogP) is 3.90. The fourth-order valence-corrected chi connectivity index (χ4v) is 4.25. The van der Waals surface area contributed by atoms with Gasteiger partial charge in [0.15, 0.2) is 15.6 Å². The Balaban J connectivity index is 1.76. The molecule has 3 rings (SSSR count). The van der Waals surface area contributed by atoms with Crippen LogP contribution in [0.3, 0.4) is 0 Å². The Hall–Kier alpha value is -3.25. The summed E-state index contributed by atoms with van der Waals surface area (Å²) < 4.78 is 25.2. The van der Waals surface area contributed by atoms with Gasteiger partial charge < -0.3 is 5.32 Å². The molecule has 3 aromatic carbocycles. The van der Waals surface area contributed by atoms with Crippen molar-refractivity contribution in [2.75, 3.05) is 5.75 Å². The monoisotopic (exact) mass is 421 g/mol. The Morgan fingerprint density at radius 2 is 1.40 bits per heavy atom. The summed E-state index contributed by atoms with van der Waals surface area (Å²) in [5, 5.41) is 2.73. The van der Waals surface area contributed by atoms with E-state index in [1.165, 1.54) is 12.1 Å². The first-order chi connectivity index (χ1) is 14.3. The van der Waals surface area contributed by atoms with Crippen molar-refractivity contribution in [3.63, 3.8) is 0 Å². The topological polar surface area (TPSA) is 80.3 Å². The molecule has 0 spiro atoms. The highest BCUT2D eigenvalue weighted by Crippen LogP contribution is 2.20. The van der Waals surface area contributed by atoms with Crippen LogP contribution in [0.15, 0.2) is 89.8 Å². The summed E-state index contributed by atoms with van der Waals surface area (Å²) in [4.78, 5) is 25.4. The maximum Gasteiger partial charge on any atom is 0.236 e. The van der Waals surface area contributed by atoms with Gasteiger partial charge >= 0.3 is 0 Å². The number of amides is 1. The highest BCUT2D eigenvalue weighted by Gasteiger charge is 2.24. The third-order valence-electron chi connectivity index (χ3n) is 4.72. The highest BCUT2D eigenvalue weighted by atomic mass is 32.2. The van der Waals surface area contributed by atoms with E-state index in [0.29, 0.717) is 5.56 Å². The van der Waals surface area contributed by atoms with Crippen LogP contribution in [0.2, 0.25) is 0 Å². The van der Waals surface area contributed by atoms with Crippen LogP contribution < -0.4 is 5.32 Å². The van der Waals surface area contributed by atoms with E-state index in [-0.39, 0.29) is 17.1 Å². The number of Topliss-reactive ketones (excluding diaryl/α,β-unsaturated/α-hetero) is 1. The Kier molecular flexibility index (Phi) is 6.79. The second-order valence-corrected chi connectivity index (χ2v) is 9.09. The molecule has 0 aliphatic rings. The number of nitrogens with one attached hydrogen (secondary N) is 1. The first-order valence-electron chi connectivity index (χ1n) is 9.57. The summed E-state index contributed by atoms with van der Waals surface area (Å²) in [7, 11) is -3.78. The molecule has 6 heteroatoms. The molecular formula is C24H23NO4S. The number of aryl methyl sites for hydroxylation is 1. The molecule has 3 aromatic rings. The zero-order chi connectivity index (χ0) is 21.6. The van der Waals surface area contributed by atoms with Gasteiger partial charge in [0, 0.05) is 12.0 Å². The van der Waals surface area contributed by atoms with E-state index in [0.717, 1.165) is 11.1 Å². The van der Waals surface area contributed by atoms with E-state index in [4.69, 9.17) is 0 Å². The average molecular weight is 422 g/mol. The van der Waals surface area contributed by atoms with Crippen LogP contribution in [0.5, 0.6) is 0 Å². The lowest BCUT2D eigenvalue weighted by molar-refractivity contribution is -0.119. The molecule has 0 saturated heterocycles. The first kappa shape index (κ1) is 21.5. The third-order valence-corrected chi connectivity index (χ3v) is 6.36. The van der Waals surface area contributed by atoms with Crippen LogP contribution in [0.25, 0.3) is 0 Å². The van der Waals surface area contributed by atoms with Gasteiger partial charge in [0.05, 0.1) is 10.9 Å². The summed E-state index contributed by atoms with van der Waals surface area (Å²) in [6.45, 7) is 1.86. The molecule has 5 nitrogen and oxygen atoms in total. The van der Waals surface area contributed by atoms with E-state index in [9.17, 15) is 18.0 Å². The van der Waals surface area contributed by atoms with E-state index in [2.05, 4.69) is 5.32 Å². The zero-order valence-corrected chi connectivity index (χ0v) is 17.4. The predicted molar refractivity (Wildman–Crippen MR) is 116 cm³/mol. The number of carbonyl (C=O) groups is 2. The summed E-state index contributed by atoms with van der Waals surface area (Å²) >= 11 is 0. The van der Waals surface area contributed by atoms with E-state index < -0.39 is 27.5 Å². The summed E-state index contributed by atoms with van der Waals surface area (Å²) in [5.41, 5.74) is 2.21. The van der Waals surface area contributed by atoms with Gasteiger partial charge in [-0.1, -0.05) is 78.4 Å². The fourth-order valence-electron chi connectivity index (χ4n) is 3.10. The molecule has 0 saturated carbocycles. The van der Waals surface area contributed by atoms with Gasteiger partial charge in [0.25, 0.3) is 0 Å². The molecule has 0 aliphatic carbocycles. The Labute approximate surface area is 176 Å². The minimum absolute atomic E-state index is 0.0321. The van der Waals surface area contributed by atoms with Gasteiger partial charge in [-0.15, -0.1) is 0 Å². The lowest BCUT2D eigenvalue weighted by atomic mass is 9.98. The molecule has 0 aromatic heterocycles. The lowest BCUT2D eigenvalue weighted by Crippen LogP contribution is -2.34. The van der Waals surface area contributed by atoms with Crippen LogP contribution in [-0.4, -0.2) is 25.9 Å². The average Bonchev–Trinajstić information content (AvgIpc) is 2.74. The van der Waals surface area contributed by atoms with Crippen molar-refractivity contribution < 1.29 is 18.0 Å². The van der Waals surface area contributed by atoms with Crippen molar-refractivity contribution in [3.05, 3.63) is 102 Å². The standard InChI is InChI=1S/C24H23NO4S/c1-18-12-14-21(15-13-18)30(28,29)17-24(27)25-22(19-8-4-2-5-9-19)16-23(26)20-10-6-3-7-11-20/h2-15,22H,16-17H2,1H3,(H,25,27). The number of ketones is 1.